The first-order chi connectivity index (χ1) is 8.02. The molecule has 0 amide bonds. The summed E-state index contributed by atoms with van der Waals surface area (Å²) in [5.41, 5.74) is 0.649. The highest BCUT2D eigenvalue weighted by Gasteiger charge is 2.31. The molecule has 1 aromatic heterocycles. The maximum atomic E-state index is 9.97. The average molecular weight is 235 g/mol. The van der Waals surface area contributed by atoms with Gasteiger partial charge in [0.05, 0.1) is 5.60 Å². The quantitative estimate of drug-likeness (QED) is 0.829. The Morgan fingerprint density at radius 2 is 2.35 bits per heavy atom. The van der Waals surface area contributed by atoms with Gasteiger partial charge in [-0.25, -0.2) is 4.98 Å². The zero-order valence-corrected chi connectivity index (χ0v) is 10.8. The molecule has 1 aliphatic heterocycles. The second-order valence-corrected chi connectivity index (χ2v) is 5.13. The minimum absolute atomic E-state index is 0.319. The molecule has 1 saturated heterocycles. The van der Waals surface area contributed by atoms with Gasteiger partial charge in [-0.3, -0.25) is 0 Å². The Morgan fingerprint density at radius 3 is 2.94 bits per heavy atom. The van der Waals surface area contributed by atoms with Crippen LogP contribution in [0.2, 0.25) is 0 Å². The Labute approximate surface area is 103 Å². The van der Waals surface area contributed by atoms with E-state index in [1.54, 1.807) is 0 Å². The Morgan fingerprint density at radius 1 is 1.59 bits per heavy atom. The van der Waals surface area contributed by atoms with Crippen LogP contribution >= 0.6 is 0 Å². The number of nitrogens with zero attached hydrogens (tertiary/aromatic N) is 2. The topological polar surface area (TPSA) is 48.4 Å². The molecule has 4 nitrogen and oxygen atoms in total. The average Bonchev–Trinajstić information content (AvgIpc) is 2.69. The largest absolute Gasteiger partial charge is 0.388 e. The van der Waals surface area contributed by atoms with Gasteiger partial charge in [0.1, 0.15) is 5.82 Å². The summed E-state index contributed by atoms with van der Waals surface area (Å²) >= 11 is 0. The predicted molar refractivity (Wildman–Crippen MR) is 69.2 cm³/mol. The third-order valence-corrected chi connectivity index (χ3v) is 3.48. The Kier molecular flexibility index (Phi) is 3.35. The number of hydrogen-bond acceptors (Lipinski definition) is 4. The van der Waals surface area contributed by atoms with Crippen molar-refractivity contribution in [2.45, 2.75) is 31.9 Å². The normalized spacial score (nSPS) is 26.2. The molecule has 0 bridgehead atoms. The fourth-order valence-corrected chi connectivity index (χ4v) is 2.18. The van der Waals surface area contributed by atoms with Gasteiger partial charge in [-0.15, -0.1) is 0 Å². The molecule has 2 heterocycles. The molecule has 94 valence electrons. The van der Waals surface area contributed by atoms with Crippen LogP contribution in [-0.4, -0.2) is 35.8 Å². The van der Waals surface area contributed by atoms with Gasteiger partial charge in [0.15, 0.2) is 0 Å². The van der Waals surface area contributed by atoms with Crippen LogP contribution in [0.5, 0.6) is 0 Å². The van der Waals surface area contributed by atoms with Crippen molar-refractivity contribution in [3.63, 3.8) is 0 Å². The van der Waals surface area contributed by atoms with Crippen LogP contribution < -0.4 is 10.2 Å². The Hall–Kier alpha value is -1.13. The van der Waals surface area contributed by atoms with Crippen molar-refractivity contribution in [3.8, 4) is 0 Å². The van der Waals surface area contributed by atoms with E-state index in [1.807, 2.05) is 26.2 Å². The van der Waals surface area contributed by atoms with Gasteiger partial charge < -0.3 is 15.3 Å². The molecule has 2 rings (SSSR count). The number of pyridine rings is 1. The van der Waals surface area contributed by atoms with Crippen molar-refractivity contribution in [1.82, 2.24) is 10.3 Å². The monoisotopic (exact) mass is 235 g/mol. The Balaban J connectivity index is 2.17. The maximum absolute atomic E-state index is 9.97. The van der Waals surface area contributed by atoms with E-state index in [1.165, 1.54) is 5.56 Å². The summed E-state index contributed by atoms with van der Waals surface area (Å²) in [4.78, 5) is 6.54. The van der Waals surface area contributed by atoms with Crippen molar-refractivity contribution in [3.05, 3.63) is 23.9 Å². The Bertz CT molecular complexity index is 392. The highest BCUT2D eigenvalue weighted by Crippen LogP contribution is 2.26. The number of aliphatic hydroxyl groups is 1. The zero-order chi connectivity index (χ0) is 12.5. The van der Waals surface area contributed by atoms with Crippen LogP contribution in [0.4, 0.5) is 5.82 Å². The molecule has 0 saturated carbocycles. The fourth-order valence-electron chi connectivity index (χ4n) is 2.18. The van der Waals surface area contributed by atoms with Crippen LogP contribution in [0.25, 0.3) is 0 Å². The van der Waals surface area contributed by atoms with E-state index >= 15 is 0 Å². The van der Waals surface area contributed by atoms with Gasteiger partial charge >= 0.3 is 0 Å². The van der Waals surface area contributed by atoms with Gasteiger partial charge in [0.25, 0.3) is 0 Å². The standard InChI is InChI=1S/C13H21N3O/c1-10(14-3)11-4-6-15-12(8-11)16-7-5-13(2,17)9-16/h4,6,8,10,14,17H,5,7,9H2,1-3H3. The molecule has 1 aliphatic rings. The minimum Gasteiger partial charge on any atom is -0.388 e. The van der Waals surface area contributed by atoms with E-state index in [0.29, 0.717) is 12.6 Å². The summed E-state index contributed by atoms with van der Waals surface area (Å²) < 4.78 is 0. The SMILES string of the molecule is CNC(C)c1ccnc(N2CCC(C)(O)C2)c1. The molecule has 2 atom stereocenters. The summed E-state index contributed by atoms with van der Waals surface area (Å²) in [6, 6.07) is 4.45. The van der Waals surface area contributed by atoms with Crippen molar-refractivity contribution >= 4 is 5.82 Å². The summed E-state index contributed by atoms with van der Waals surface area (Å²) in [6.07, 6.45) is 2.64. The molecule has 1 aromatic rings. The first-order valence-electron chi connectivity index (χ1n) is 6.12. The molecular weight excluding hydrogens is 214 g/mol. The predicted octanol–water partition coefficient (Wildman–Crippen LogP) is 1.32. The van der Waals surface area contributed by atoms with Gasteiger partial charge in [-0.05, 0) is 45.0 Å². The number of β-amino-alcohol motifs (C(OH)–C–C–N with tert-alkyl or cyclic N) is 1. The molecule has 2 N–H and O–H groups in total. The van der Waals surface area contributed by atoms with Crippen LogP contribution in [0, 0.1) is 0 Å². The highest BCUT2D eigenvalue weighted by molar-refractivity contribution is 5.43. The van der Waals surface area contributed by atoms with Crippen molar-refractivity contribution in [1.29, 1.82) is 0 Å². The number of aromatic nitrogens is 1. The molecule has 4 heteroatoms. The maximum Gasteiger partial charge on any atom is 0.128 e. The van der Waals surface area contributed by atoms with Gasteiger partial charge in [-0.2, -0.15) is 0 Å². The molecule has 0 radical (unpaired) electrons. The van der Waals surface area contributed by atoms with E-state index in [-0.39, 0.29) is 0 Å². The highest BCUT2D eigenvalue weighted by atomic mass is 16.3. The lowest BCUT2D eigenvalue weighted by molar-refractivity contribution is 0.0839. The second kappa shape index (κ2) is 4.63. The molecule has 0 aliphatic carbocycles. The van der Waals surface area contributed by atoms with Crippen LogP contribution in [0.3, 0.4) is 0 Å². The molecule has 0 aromatic carbocycles. The van der Waals surface area contributed by atoms with E-state index in [2.05, 4.69) is 28.2 Å². The number of nitrogens with one attached hydrogen (secondary N) is 1. The van der Waals surface area contributed by atoms with Gasteiger partial charge in [-0.1, -0.05) is 0 Å². The third kappa shape index (κ3) is 2.76. The van der Waals surface area contributed by atoms with Crippen LogP contribution in [0.15, 0.2) is 18.3 Å². The third-order valence-electron chi connectivity index (χ3n) is 3.48. The lowest BCUT2D eigenvalue weighted by atomic mass is 10.1. The minimum atomic E-state index is -0.577. The van der Waals surface area contributed by atoms with E-state index in [4.69, 9.17) is 0 Å². The first kappa shape index (κ1) is 12.3. The summed E-state index contributed by atoms with van der Waals surface area (Å²) in [5.74, 6) is 0.961. The van der Waals surface area contributed by atoms with Crippen LogP contribution in [-0.2, 0) is 0 Å². The summed E-state index contributed by atoms with van der Waals surface area (Å²) in [7, 11) is 1.95. The first-order valence-corrected chi connectivity index (χ1v) is 6.12. The summed E-state index contributed by atoms with van der Waals surface area (Å²) in [5, 5.41) is 13.2. The molecular formula is C13H21N3O. The molecule has 17 heavy (non-hydrogen) atoms. The van der Waals surface area contributed by atoms with Crippen molar-refractivity contribution in [2.75, 3.05) is 25.0 Å². The zero-order valence-electron chi connectivity index (χ0n) is 10.8. The smallest absolute Gasteiger partial charge is 0.128 e. The summed E-state index contributed by atoms with van der Waals surface area (Å²) in [6.45, 7) is 5.54. The van der Waals surface area contributed by atoms with Crippen molar-refractivity contribution < 1.29 is 5.11 Å². The number of anilines is 1. The molecule has 1 fully saturated rings. The van der Waals surface area contributed by atoms with Crippen LogP contribution in [0.1, 0.15) is 31.9 Å². The lowest BCUT2D eigenvalue weighted by Crippen LogP contribution is -2.30. The van der Waals surface area contributed by atoms with Crippen molar-refractivity contribution in [2.24, 2.45) is 0 Å². The van der Waals surface area contributed by atoms with E-state index in [0.717, 1.165) is 18.8 Å². The number of hydrogen-bond donors (Lipinski definition) is 2. The van der Waals surface area contributed by atoms with Gasteiger partial charge in [0, 0.05) is 25.3 Å². The van der Waals surface area contributed by atoms with E-state index < -0.39 is 5.60 Å². The molecule has 0 spiro atoms. The molecule has 2 unspecified atom stereocenters. The lowest BCUT2D eigenvalue weighted by Gasteiger charge is -2.21. The van der Waals surface area contributed by atoms with E-state index in [9.17, 15) is 5.11 Å². The fraction of sp³-hybridized carbons (Fsp3) is 0.615. The number of rotatable bonds is 3. The van der Waals surface area contributed by atoms with Gasteiger partial charge in [0.2, 0.25) is 0 Å². The second-order valence-electron chi connectivity index (χ2n) is 5.13.